The summed E-state index contributed by atoms with van der Waals surface area (Å²) in [5.74, 6) is 0. The molecule has 3 heteroatoms. The zero-order valence-corrected chi connectivity index (χ0v) is 8.32. The molecule has 0 spiro atoms. The fourth-order valence-corrected chi connectivity index (χ4v) is 1.38. The topological polar surface area (TPSA) is 35.0 Å². The largest absolute Gasteiger partial charge is 0.378 e. The molecule has 14 heavy (non-hydrogen) atoms. The summed E-state index contributed by atoms with van der Waals surface area (Å²) in [5, 5.41) is 0. The van der Waals surface area contributed by atoms with Crippen molar-refractivity contribution in [2.24, 2.45) is 0 Å². The summed E-state index contributed by atoms with van der Waals surface area (Å²) in [6.45, 7) is 2.56. The van der Waals surface area contributed by atoms with Crippen molar-refractivity contribution in [3.63, 3.8) is 0 Å². The summed E-state index contributed by atoms with van der Waals surface area (Å²) in [5.41, 5.74) is 3.92. The fraction of sp³-hybridized carbons (Fsp3) is 0.273. The molecule has 0 bridgehead atoms. The number of nitrogens with zero attached hydrogens (tertiary/aromatic N) is 2. The van der Waals surface area contributed by atoms with Crippen molar-refractivity contribution in [1.29, 1.82) is 0 Å². The summed E-state index contributed by atoms with van der Waals surface area (Å²) in [6.07, 6.45) is 1.75. The second-order valence-corrected chi connectivity index (χ2v) is 3.29. The van der Waals surface area contributed by atoms with Gasteiger partial charge in [0.2, 0.25) is 0 Å². The monoisotopic (exact) mass is 188 g/mol. The van der Waals surface area contributed by atoms with Crippen LogP contribution in [0, 0.1) is 6.92 Å². The van der Waals surface area contributed by atoms with Crippen LogP contribution in [0.3, 0.4) is 0 Å². The smallest absolute Gasteiger partial charge is 0.0900 e. The van der Waals surface area contributed by atoms with Crippen molar-refractivity contribution in [3.8, 4) is 0 Å². The van der Waals surface area contributed by atoms with Gasteiger partial charge in [-0.15, -0.1) is 0 Å². The molecule has 2 rings (SSSR count). The van der Waals surface area contributed by atoms with Crippen LogP contribution in [-0.4, -0.2) is 17.1 Å². The first-order valence-electron chi connectivity index (χ1n) is 4.51. The van der Waals surface area contributed by atoms with Crippen LogP contribution < -0.4 is 0 Å². The molecule has 0 saturated carbocycles. The summed E-state index contributed by atoms with van der Waals surface area (Å²) in [7, 11) is 1.65. The SMILES string of the molecule is COCc1cnc2ccc(C)cc2n1. The lowest BCUT2D eigenvalue weighted by molar-refractivity contribution is 0.181. The van der Waals surface area contributed by atoms with E-state index in [9.17, 15) is 0 Å². The lowest BCUT2D eigenvalue weighted by Crippen LogP contribution is -1.94. The molecule has 0 aliphatic rings. The minimum atomic E-state index is 0.511. The first kappa shape index (κ1) is 9.09. The van der Waals surface area contributed by atoms with Crippen LogP contribution in [0.25, 0.3) is 11.0 Å². The van der Waals surface area contributed by atoms with Gasteiger partial charge in [-0.3, -0.25) is 4.98 Å². The minimum absolute atomic E-state index is 0.511. The second kappa shape index (κ2) is 3.72. The highest BCUT2D eigenvalue weighted by molar-refractivity contribution is 5.74. The average molecular weight is 188 g/mol. The van der Waals surface area contributed by atoms with E-state index in [4.69, 9.17) is 4.74 Å². The molecule has 1 aromatic heterocycles. The molecule has 1 aromatic carbocycles. The third-order valence-corrected chi connectivity index (χ3v) is 2.04. The summed E-state index contributed by atoms with van der Waals surface area (Å²) >= 11 is 0. The third-order valence-electron chi connectivity index (χ3n) is 2.04. The summed E-state index contributed by atoms with van der Waals surface area (Å²) in [4.78, 5) is 8.74. The van der Waals surface area contributed by atoms with Crippen molar-refractivity contribution in [3.05, 3.63) is 35.7 Å². The number of aromatic nitrogens is 2. The zero-order valence-electron chi connectivity index (χ0n) is 8.32. The zero-order chi connectivity index (χ0) is 9.97. The van der Waals surface area contributed by atoms with Crippen LogP contribution in [0.4, 0.5) is 0 Å². The van der Waals surface area contributed by atoms with E-state index in [0.29, 0.717) is 6.61 Å². The van der Waals surface area contributed by atoms with Gasteiger partial charge in [-0.2, -0.15) is 0 Å². The van der Waals surface area contributed by atoms with Gasteiger partial charge in [-0.1, -0.05) is 6.07 Å². The number of methoxy groups -OCH3 is 1. The molecule has 0 N–H and O–H groups in total. The Labute approximate surface area is 82.8 Å². The highest BCUT2D eigenvalue weighted by Gasteiger charge is 1.99. The van der Waals surface area contributed by atoms with Crippen molar-refractivity contribution < 1.29 is 4.74 Å². The molecular formula is C11H12N2O. The first-order chi connectivity index (χ1) is 6.79. The molecule has 2 aromatic rings. The number of fused-ring (bicyclic) bond motifs is 1. The van der Waals surface area contributed by atoms with Gasteiger partial charge in [0, 0.05) is 7.11 Å². The predicted molar refractivity (Wildman–Crippen MR) is 55.0 cm³/mol. The maximum Gasteiger partial charge on any atom is 0.0900 e. The molecule has 0 aliphatic heterocycles. The average Bonchev–Trinajstić information content (AvgIpc) is 2.17. The van der Waals surface area contributed by atoms with Crippen LogP contribution in [0.5, 0.6) is 0 Å². The molecule has 0 amide bonds. The fourth-order valence-electron chi connectivity index (χ4n) is 1.38. The van der Waals surface area contributed by atoms with E-state index in [2.05, 4.69) is 9.97 Å². The number of benzene rings is 1. The van der Waals surface area contributed by atoms with E-state index >= 15 is 0 Å². The second-order valence-electron chi connectivity index (χ2n) is 3.29. The Morgan fingerprint density at radius 1 is 1.29 bits per heavy atom. The first-order valence-corrected chi connectivity index (χ1v) is 4.51. The van der Waals surface area contributed by atoms with Crippen molar-refractivity contribution in [2.45, 2.75) is 13.5 Å². The van der Waals surface area contributed by atoms with Crippen molar-refractivity contribution in [1.82, 2.24) is 9.97 Å². The number of aryl methyl sites for hydroxylation is 1. The Bertz CT molecular complexity index is 454. The standard InChI is InChI=1S/C11H12N2O/c1-8-3-4-10-11(5-8)13-9(6-12-10)7-14-2/h3-6H,7H2,1-2H3. The molecule has 0 atom stereocenters. The molecule has 72 valence electrons. The van der Waals surface area contributed by atoms with Gasteiger partial charge in [-0.25, -0.2) is 4.98 Å². The van der Waals surface area contributed by atoms with Gasteiger partial charge >= 0.3 is 0 Å². The Hall–Kier alpha value is -1.48. The van der Waals surface area contributed by atoms with Crippen LogP contribution in [0.2, 0.25) is 0 Å². The molecule has 0 radical (unpaired) electrons. The van der Waals surface area contributed by atoms with Crippen molar-refractivity contribution >= 4 is 11.0 Å². The van der Waals surface area contributed by atoms with Gasteiger partial charge in [0.25, 0.3) is 0 Å². The molecule has 0 fully saturated rings. The highest BCUT2D eigenvalue weighted by Crippen LogP contribution is 2.11. The molecule has 1 heterocycles. The predicted octanol–water partition coefficient (Wildman–Crippen LogP) is 2.08. The summed E-state index contributed by atoms with van der Waals surface area (Å²) in [6, 6.07) is 6.04. The molecule has 3 nitrogen and oxygen atoms in total. The van der Waals surface area contributed by atoms with Crippen LogP contribution >= 0.6 is 0 Å². The van der Waals surface area contributed by atoms with Gasteiger partial charge in [0.05, 0.1) is 29.5 Å². The van der Waals surface area contributed by atoms with E-state index in [1.54, 1.807) is 13.3 Å². The van der Waals surface area contributed by atoms with Gasteiger partial charge in [-0.05, 0) is 24.6 Å². The van der Waals surface area contributed by atoms with Crippen LogP contribution in [-0.2, 0) is 11.3 Å². The van der Waals surface area contributed by atoms with Gasteiger partial charge in [0.15, 0.2) is 0 Å². The Morgan fingerprint density at radius 2 is 2.14 bits per heavy atom. The van der Waals surface area contributed by atoms with E-state index < -0.39 is 0 Å². The molecular weight excluding hydrogens is 176 g/mol. The number of ether oxygens (including phenoxy) is 1. The van der Waals surface area contributed by atoms with Gasteiger partial charge < -0.3 is 4.74 Å². The Kier molecular flexibility index (Phi) is 2.41. The lowest BCUT2D eigenvalue weighted by atomic mass is 10.2. The molecule has 0 aliphatic carbocycles. The quantitative estimate of drug-likeness (QED) is 0.723. The Balaban J connectivity index is 2.52. The van der Waals surface area contributed by atoms with E-state index in [-0.39, 0.29) is 0 Å². The highest BCUT2D eigenvalue weighted by atomic mass is 16.5. The van der Waals surface area contributed by atoms with E-state index in [0.717, 1.165) is 16.7 Å². The van der Waals surface area contributed by atoms with Gasteiger partial charge in [0.1, 0.15) is 0 Å². The van der Waals surface area contributed by atoms with Crippen LogP contribution in [0.1, 0.15) is 11.3 Å². The third kappa shape index (κ3) is 1.72. The summed E-state index contributed by atoms with van der Waals surface area (Å²) < 4.78 is 5.00. The van der Waals surface area contributed by atoms with E-state index in [1.165, 1.54) is 5.56 Å². The molecule has 0 unspecified atom stereocenters. The van der Waals surface area contributed by atoms with Crippen LogP contribution in [0.15, 0.2) is 24.4 Å². The number of hydrogen-bond acceptors (Lipinski definition) is 3. The normalized spacial score (nSPS) is 10.7. The Morgan fingerprint density at radius 3 is 2.93 bits per heavy atom. The van der Waals surface area contributed by atoms with Crippen molar-refractivity contribution in [2.75, 3.05) is 7.11 Å². The number of rotatable bonds is 2. The number of hydrogen-bond donors (Lipinski definition) is 0. The lowest BCUT2D eigenvalue weighted by Gasteiger charge is -2.01. The maximum absolute atomic E-state index is 5.00. The molecule has 0 saturated heterocycles. The van der Waals surface area contributed by atoms with E-state index in [1.807, 2.05) is 25.1 Å². The maximum atomic E-state index is 5.00. The minimum Gasteiger partial charge on any atom is -0.378 e.